The lowest BCUT2D eigenvalue weighted by Gasteiger charge is -2.27. The first kappa shape index (κ1) is 15.8. The normalized spacial score (nSPS) is 21.0. The van der Waals surface area contributed by atoms with E-state index in [1.807, 2.05) is 0 Å². The van der Waals surface area contributed by atoms with E-state index in [0.29, 0.717) is 0 Å². The third-order valence-electron chi connectivity index (χ3n) is 5.17. The van der Waals surface area contributed by atoms with Crippen molar-refractivity contribution in [1.82, 2.24) is 10.2 Å². The van der Waals surface area contributed by atoms with Crippen LogP contribution in [0.15, 0.2) is 18.2 Å². The molecular formula is C19H30N2O. The van der Waals surface area contributed by atoms with Crippen molar-refractivity contribution in [2.75, 3.05) is 33.3 Å². The molecule has 0 aromatic heterocycles. The lowest BCUT2D eigenvalue weighted by atomic mass is 9.90. The van der Waals surface area contributed by atoms with E-state index >= 15 is 0 Å². The molecule has 0 spiro atoms. The predicted octanol–water partition coefficient (Wildman–Crippen LogP) is 3.22. The van der Waals surface area contributed by atoms with Crippen molar-refractivity contribution in [3.63, 3.8) is 0 Å². The lowest BCUT2D eigenvalue weighted by molar-refractivity contribution is 0.218. The van der Waals surface area contributed by atoms with Crippen molar-refractivity contribution in [3.05, 3.63) is 29.3 Å². The molecule has 0 unspecified atom stereocenters. The highest BCUT2D eigenvalue weighted by atomic mass is 16.5. The molecule has 2 saturated heterocycles. The van der Waals surface area contributed by atoms with Gasteiger partial charge in [-0.2, -0.15) is 0 Å². The fourth-order valence-electron chi connectivity index (χ4n) is 3.86. The second-order valence-corrected chi connectivity index (χ2v) is 6.88. The summed E-state index contributed by atoms with van der Waals surface area (Å²) in [6.07, 6.45) is 7.93. The summed E-state index contributed by atoms with van der Waals surface area (Å²) in [6, 6.07) is 6.84. The molecule has 2 heterocycles. The number of hydrogen-bond donors (Lipinski definition) is 1. The minimum atomic E-state index is 0.845. The van der Waals surface area contributed by atoms with Crippen molar-refractivity contribution in [1.29, 1.82) is 0 Å². The van der Waals surface area contributed by atoms with E-state index < -0.39 is 0 Å². The van der Waals surface area contributed by atoms with E-state index in [4.69, 9.17) is 4.74 Å². The van der Waals surface area contributed by atoms with E-state index in [0.717, 1.165) is 18.2 Å². The van der Waals surface area contributed by atoms with Gasteiger partial charge in [-0.05, 0) is 75.8 Å². The van der Waals surface area contributed by atoms with Crippen molar-refractivity contribution >= 4 is 0 Å². The van der Waals surface area contributed by atoms with E-state index in [-0.39, 0.29) is 0 Å². The Hall–Kier alpha value is -1.06. The molecule has 0 aliphatic carbocycles. The van der Waals surface area contributed by atoms with E-state index in [1.165, 1.54) is 75.8 Å². The van der Waals surface area contributed by atoms with Crippen LogP contribution in [0.3, 0.4) is 0 Å². The van der Waals surface area contributed by atoms with Crippen LogP contribution in [0.4, 0.5) is 0 Å². The molecule has 0 amide bonds. The Morgan fingerprint density at radius 1 is 1.14 bits per heavy atom. The number of methoxy groups -OCH3 is 1. The van der Waals surface area contributed by atoms with Crippen LogP contribution in [-0.4, -0.2) is 38.2 Å². The molecular weight excluding hydrogens is 272 g/mol. The molecule has 122 valence electrons. The minimum Gasteiger partial charge on any atom is -0.496 e. The summed E-state index contributed by atoms with van der Waals surface area (Å²) in [4.78, 5) is 2.58. The number of hydrogen-bond acceptors (Lipinski definition) is 3. The van der Waals surface area contributed by atoms with Gasteiger partial charge in [-0.15, -0.1) is 0 Å². The summed E-state index contributed by atoms with van der Waals surface area (Å²) >= 11 is 0. The fraction of sp³-hybridized carbons (Fsp3) is 0.684. The maximum absolute atomic E-state index is 5.60. The molecule has 1 aromatic carbocycles. The Bertz CT molecular complexity index is 463. The quantitative estimate of drug-likeness (QED) is 0.904. The van der Waals surface area contributed by atoms with Crippen molar-refractivity contribution in [2.24, 2.45) is 5.92 Å². The number of benzene rings is 1. The third-order valence-corrected chi connectivity index (χ3v) is 5.17. The highest BCUT2D eigenvalue weighted by Gasteiger charge is 2.16. The maximum atomic E-state index is 5.60. The largest absolute Gasteiger partial charge is 0.496 e. The molecule has 2 aliphatic rings. The van der Waals surface area contributed by atoms with E-state index in [2.05, 4.69) is 28.4 Å². The first-order chi connectivity index (χ1) is 10.8. The van der Waals surface area contributed by atoms with Gasteiger partial charge < -0.3 is 10.1 Å². The second kappa shape index (κ2) is 7.98. The van der Waals surface area contributed by atoms with Crippen LogP contribution in [0.2, 0.25) is 0 Å². The molecule has 2 aliphatic heterocycles. The number of nitrogens with zero attached hydrogens (tertiary/aromatic N) is 1. The molecule has 1 N–H and O–H groups in total. The van der Waals surface area contributed by atoms with Gasteiger partial charge in [-0.1, -0.05) is 18.6 Å². The molecule has 3 rings (SSSR count). The summed E-state index contributed by atoms with van der Waals surface area (Å²) in [5.74, 6) is 1.90. The van der Waals surface area contributed by atoms with Gasteiger partial charge in [-0.3, -0.25) is 4.90 Å². The zero-order chi connectivity index (χ0) is 15.2. The predicted molar refractivity (Wildman–Crippen MR) is 91.4 cm³/mol. The standard InChI is InChI=1S/C19H30N2O/c1-22-19-6-5-17(13-16-7-9-20-10-8-16)14-18(19)15-21-11-3-2-4-12-21/h5-6,14,16,20H,2-4,7-13,15H2,1H3. The molecule has 0 atom stereocenters. The Kier molecular flexibility index (Phi) is 5.74. The number of piperidine rings is 2. The Balaban J connectivity index is 1.67. The van der Waals surface area contributed by atoms with Crippen LogP contribution in [0.5, 0.6) is 5.75 Å². The first-order valence-electron chi connectivity index (χ1n) is 8.94. The van der Waals surface area contributed by atoms with Gasteiger partial charge in [0, 0.05) is 12.1 Å². The summed E-state index contributed by atoms with van der Waals surface area (Å²) in [5.41, 5.74) is 2.86. The molecule has 0 saturated carbocycles. The van der Waals surface area contributed by atoms with Crippen molar-refractivity contribution < 1.29 is 4.74 Å². The van der Waals surface area contributed by atoms with Crippen LogP contribution in [0, 0.1) is 5.92 Å². The lowest BCUT2D eigenvalue weighted by Crippen LogP contribution is -2.29. The van der Waals surface area contributed by atoms with Gasteiger partial charge in [0.05, 0.1) is 7.11 Å². The molecule has 1 aromatic rings. The van der Waals surface area contributed by atoms with Crippen molar-refractivity contribution in [2.45, 2.75) is 45.1 Å². The monoisotopic (exact) mass is 302 g/mol. The van der Waals surface area contributed by atoms with E-state index in [9.17, 15) is 0 Å². The van der Waals surface area contributed by atoms with E-state index in [1.54, 1.807) is 7.11 Å². The van der Waals surface area contributed by atoms with Gasteiger partial charge in [0.25, 0.3) is 0 Å². The minimum absolute atomic E-state index is 0.845. The van der Waals surface area contributed by atoms with Gasteiger partial charge in [0.15, 0.2) is 0 Å². The van der Waals surface area contributed by atoms with Crippen LogP contribution < -0.4 is 10.1 Å². The average Bonchev–Trinajstić information content (AvgIpc) is 2.57. The Morgan fingerprint density at radius 2 is 1.91 bits per heavy atom. The number of likely N-dealkylation sites (tertiary alicyclic amines) is 1. The molecule has 3 heteroatoms. The van der Waals surface area contributed by atoms with Crippen LogP contribution in [-0.2, 0) is 13.0 Å². The summed E-state index contributed by atoms with van der Waals surface area (Å²) < 4.78 is 5.60. The molecule has 2 fully saturated rings. The van der Waals surface area contributed by atoms with Gasteiger partial charge in [0.1, 0.15) is 5.75 Å². The highest BCUT2D eigenvalue weighted by Crippen LogP contribution is 2.26. The molecule has 0 radical (unpaired) electrons. The average molecular weight is 302 g/mol. The highest BCUT2D eigenvalue weighted by molar-refractivity contribution is 5.37. The third kappa shape index (κ3) is 4.23. The summed E-state index contributed by atoms with van der Waals surface area (Å²) in [5, 5.41) is 3.46. The van der Waals surface area contributed by atoms with Gasteiger partial charge >= 0.3 is 0 Å². The molecule has 3 nitrogen and oxygen atoms in total. The maximum Gasteiger partial charge on any atom is 0.123 e. The van der Waals surface area contributed by atoms with Crippen LogP contribution in [0.1, 0.15) is 43.2 Å². The molecule has 22 heavy (non-hydrogen) atoms. The first-order valence-corrected chi connectivity index (χ1v) is 8.94. The smallest absolute Gasteiger partial charge is 0.123 e. The van der Waals surface area contributed by atoms with Crippen LogP contribution in [0.25, 0.3) is 0 Å². The SMILES string of the molecule is COc1ccc(CC2CCNCC2)cc1CN1CCCCC1. The Labute approximate surface area is 135 Å². The zero-order valence-corrected chi connectivity index (χ0v) is 13.9. The summed E-state index contributed by atoms with van der Waals surface area (Å²) in [7, 11) is 1.79. The zero-order valence-electron chi connectivity index (χ0n) is 13.9. The fourth-order valence-corrected chi connectivity index (χ4v) is 3.86. The van der Waals surface area contributed by atoms with Gasteiger partial charge in [-0.25, -0.2) is 0 Å². The topological polar surface area (TPSA) is 24.5 Å². The number of rotatable bonds is 5. The van der Waals surface area contributed by atoms with Crippen LogP contribution >= 0.6 is 0 Å². The number of nitrogens with one attached hydrogen (secondary N) is 1. The van der Waals surface area contributed by atoms with Gasteiger partial charge in [0.2, 0.25) is 0 Å². The molecule has 0 bridgehead atoms. The second-order valence-electron chi connectivity index (χ2n) is 6.88. The number of ether oxygens (including phenoxy) is 1. The van der Waals surface area contributed by atoms with Crippen molar-refractivity contribution in [3.8, 4) is 5.75 Å². The Morgan fingerprint density at radius 3 is 2.64 bits per heavy atom. The summed E-state index contributed by atoms with van der Waals surface area (Å²) in [6.45, 7) is 5.88.